The second kappa shape index (κ2) is 9.05. The molecular formula is C22H23NO5S. The SMILES string of the molecule is CCOc1ccc(N2C(=O)C(SCC)=C(c3ccc(OC)c(OC)c3)C2=O)cc1. The molecule has 0 saturated carbocycles. The van der Waals surface area contributed by atoms with Gasteiger partial charge in [0, 0.05) is 0 Å². The fourth-order valence-electron chi connectivity index (χ4n) is 3.13. The minimum absolute atomic E-state index is 0.323. The monoisotopic (exact) mass is 413 g/mol. The van der Waals surface area contributed by atoms with Crippen LogP contribution in [0.1, 0.15) is 19.4 Å². The van der Waals surface area contributed by atoms with Crippen molar-refractivity contribution in [2.45, 2.75) is 13.8 Å². The number of hydrogen-bond donors (Lipinski definition) is 0. The van der Waals surface area contributed by atoms with Gasteiger partial charge in [0.1, 0.15) is 5.75 Å². The first-order chi connectivity index (χ1) is 14.0. The average Bonchev–Trinajstić information content (AvgIpc) is 2.98. The van der Waals surface area contributed by atoms with Crippen molar-refractivity contribution in [1.29, 1.82) is 0 Å². The number of carbonyl (C=O) groups is 2. The topological polar surface area (TPSA) is 65.1 Å². The van der Waals surface area contributed by atoms with Crippen LogP contribution in [-0.2, 0) is 9.59 Å². The van der Waals surface area contributed by atoms with Gasteiger partial charge in [0.25, 0.3) is 11.8 Å². The maximum absolute atomic E-state index is 13.3. The quantitative estimate of drug-likeness (QED) is 0.606. The summed E-state index contributed by atoms with van der Waals surface area (Å²) in [4.78, 5) is 28.1. The number of benzene rings is 2. The van der Waals surface area contributed by atoms with Crippen LogP contribution in [0.3, 0.4) is 0 Å². The predicted octanol–water partition coefficient (Wildman–Crippen LogP) is 4.14. The Morgan fingerprint density at radius 2 is 1.59 bits per heavy atom. The van der Waals surface area contributed by atoms with Crippen LogP contribution in [0.25, 0.3) is 5.57 Å². The third kappa shape index (κ3) is 3.96. The molecule has 6 nitrogen and oxygen atoms in total. The Kier molecular flexibility index (Phi) is 6.49. The molecule has 29 heavy (non-hydrogen) atoms. The molecule has 2 aromatic carbocycles. The lowest BCUT2D eigenvalue weighted by atomic mass is 10.1. The number of imide groups is 1. The molecular weight excluding hydrogens is 390 g/mol. The van der Waals surface area contributed by atoms with Crippen molar-refractivity contribution in [3.8, 4) is 17.2 Å². The number of hydrogen-bond acceptors (Lipinski definition) is 6. The Labute approximate surface area is 174 Å². The minimum atomic E-state index is -0.359. The standard InChI is InChI=1S/C22H23NO5S/c1-5-28-16-10-8-15(9-11-16)23-21(24)19(20(22(23)25)29-6-2)14-7-12-17(26-3)18(13-14)27-4/h7-13H,5-6H2,1-4H3. The fourth-order valence-corrected chi connectivity index (χ4v) is 3.98. The molecule has 7 heteroatoms. The largest absolute Gasteiger partial charge is 0.494 e. The second-order valence-corrected chi connectivity index (χ2v) is 7.35. The van der Waals surface area contributed by atoms with Crippen molar-refractivity contribution in [1.82, 2.24) is 0 Å². The lowest BCUT2D eigenvalue weighted by Gasteiger charge is -2.16. The number of carbonyl (C=O) groups excluding carboxylic acids is 2. The van der Waals surface area contributed by atoms with Crippen LogP contribution in [0.4, 0.5) is 5.69 Å². The zero-order chi connectivity index (χ0) is 21.0. The maximum atomic E-state index is 13.3. The Bertz CT molecular complexity index is 952. The van der Waals surface area contributed by atoms with Crippen LogP contribution in [-0.4, -0.2) is 38.4 Å². The van der Waals surface area contributed by atoms with Gasteiger partial charge in [0.15, 0.2) is 11.5 Å². The molecule has 0 saturated heterocycles. The smallest absolute Gasteiger partial charge is 0.272 e. The zero-order valence-corrected chi connectivity index (χ0v) is 17.7. The second-order valence-electron chi connectivity index (χ2n) is 6.08. The molecule has 0 unspecified atom stereocenters. The van der Waals surface area contributed by atoms with Crippen molar-refractivity contribution in [2.75, 3.05) is 31.5 Å². The maximum Gasteiger partial charge on any atom is 0.272 e. The number of anilines is 1. The van der Waals surface area contributed by atoms with Gasteiger partial charge in [-0.3, -0.25) is 9.59 Å². The molecule has 1 aliphatic rings. The molecule has 0 spiro atoms. The molecule has 0 N–H and O–H groups in total. The van der Waals surface area contributed by atoms with Crippen molar-refractivity contribution in [2.24, 2.45) is 0 Å². The summed E-state index contributed by atoms with van der Waals surface area (Å²) in [7, 11) is 3.08. The van der Waals surface area contributed by atoms with Crippen LogP contribution < -0.4 is 19.1 Å². The summed E-state index contributed by atoms with van der Waals surface area (Å²) in [6.45, 7) is 4.39. The van der Waals surface area contributed by atoms with Gasteiger partial charge < -0.3 is 14.2 Å². The van der Waals surface area contributed by atoms with Gasteiger partial charge in [0.2, 0.25) is 0 Å². The van der Waals surface area contributed by atoms with E-state index in [9.17, 15) is 9.59 Å². The van der Waals surface area contributed by atoms with Crippen LogP contribution >= 0.6 is 11.8 Å². The summed E-state index contributed by atoms with van der Waals surface area (Å²) in [6.07, 6.45) is 0. The van der Waals surface area contributed by atoms with E-state index in [1.807, 2.05) is 13.8 Å². The van der Waals surface area contributed by atoms with Crippen LogP contribution in [0, 0.1) is 0 Å². The fraction of sp³-hybridized carbons (Fsp3) is 0.273. The van der Waals surface area contributed by atoms with E-state index in [-0.39, 0.29) is 11.8 Å². The van der Waals surface area contributed by atoms with Gasteiger partial charge in [-0.25, -0.2) is 4.90 Å². The first kappa shape index (κ1) is 20.8. The number of ether oxygens (including phenoxy) is 3. The molecule has 0 atom stereocenters. The molecule has 0 radical (unpaired) electrons. The minimum Gasteiger partial charge on any atom is -0.494 e. The van der Waals surface area contributed by atoms with E-state index in [0.29, 0.717) is 51.3 Å². The number of nitrogens with zero attached hydrogens (tertiary/aromatic N) is 1. The van der Waals surface area contributed by atoms with Gasteiger partial charge in [-0.05, 0) is 54.6 Å². The Morgan fingerprint density at radius 3 is 2.17 bits per heavy atom. The Hall–Kier alpha value is -2.93. The highest BCUT2D eigenvalue weighted by atomic mass is 32.2. The van der Waals surface area contributed by atoms with Gasteiger partial charge >= 0.3 is 0 Å². The zero-order valence-electron chi connectivity index (χ0n) is 16.9. The molecule has 1 aliphatic heterocycles. The number of methoxy groups -OCH3 is 2. The van der Waals surface area contributed by atoms with Gasteiger partial charge in [-0.1, -0.05) is 13.0 Å². The molecule has 0 fully saturated rings. The third-order valence-electron chi connectivity index (χ3n) is 4.41. The van der Waals surface area contributed by atoms with Crippen molar-refractivity contribution < 1.29 is 23.8 Å². The summed E-state index contributed by atoms with van der Waals surface area (Å²) >= 11 is 1.36. The first-order valence-electron chi connectivity index (χ1n) is 9.26. The number of rotatable bonds is 8. The summed E-state index contributed by atoms with van der Waals surface area (Å²) < 4.78 is 16.1. The highest BCUT2D eigenvalue weighted by molar-refractivity contribution is 8.04. The van der Waals surface area contributed by atoms with Gasteiger partial charge in [-0.2, -0.15) is 0 Å². The van der Waals surface area contributed by atoms with Crippen molar-refractivity contribution in [3.05, 3.63) is 52.9 Å². The molecule has 2 amide bonds. The van der Waals surface area contributed by atoms with E-state index >= 15 is 0 Å². The van der Waals surface area contributed by atoms with Crippen LogP contribution in [0.2, 0.25) is 0 Å². The van der Waals surface area contributed by atoms with E-state index in [4.69, 9.17) is 14.2 Å². The van der Waals surface area contributed by atoms with E-state index in [1.54, 1.807) is 49.6 Å². The first-order valence-corrected chi connectivity index (χ1v) is 10.2. The molecule has 0 aliphatic carbocycles. The summed E-state index contributed by atoms with van der Waals surface area (Å²) in [5.41, 5.74) is 1.50. The molecule has 1 heterocycles. The van der Waals surface area contributed by atoms with Gasteiger partial charge in [-0.15, -0.1) is 11.8 Å². The lowest BCUT2D eigenvalue weighted by molar-refractivity contribution is -0.119. The van der Waals surface area contributed by atoms with E-state index in [0.717, 1.165) is 0 Å². The van der Waals surface area contributed by atoms with E-state index < -0.39 is 0 Å². The third-order valence-corrected chi connectivity index (χ3v) is 5.36. The van der Waals surface area contributed by atoms with Crippen molar-refractivity contribution >= 4 is 34.8 Å². The Morgan fingerprint density at radius 1 is 0.897 bits per heavy atom. The summed E-state index contributed by atoms with van der Waals surface area (Å²) in [5, 5.41) is 0. The molecule has 0 aromatic heterocycles. The van der Waals surface area contributed by atoms with Crippen molar-refractivity contribution in [3.63, 3.8) is 0 Å². The van der Waals surface area contributed by atoms with Gasteiger partial charge in [0.05, 0.1) is 37.0 Å². The highest BCUT2D eigenvalue weighted by Gasteiger charge is 2.40. The Balaban J connectivity index is 2.03. The summed E-state index contributed by atoms with van der Waals surface area (Å²) in [5.74, 6) is 1.73. The average molecular weight is 413 g/mol. The van der Waals surface area contributed by atoms with Crippen LogP contribution in [0.15, 0.2) is 47.4 Å². The summed E-state index contributed by atoms with van der Waals surface area (Å²) in [6, 6.07) is 12.1. The molecule has 152 valence electrons. The highest BCUT2D eigenvalue weighted by Crippen LogP contribution is 2.40. The lowest BCUT2D eigenvalue weighted by Crippen LogP contribution is -2.31. The molecule has 3 rings (SSSR count). The predicted molar refractivity (Wildman–Crippen MR) is 115 cm³/mol. The normalized spacial score (nSPS) is 13.9. The number of thioether (sulfide) groups is 1. The molecule has 0 bridgehead atoms. The number of amides is 2. The molecule has 2 aromatic rings. The van der Waals surface area contributed by atoms with E-state index in [2.05, 4.69) is 0 Å². The van der Waals surface area contributed by atoms with E-state index in [1.165, 1.54) is 23.8 Å². The van der Waals surface area contributed by atoms with Crippen LogP contribution in [0.5, 0.6) is 17.2 Å².